The van der Waals surface area contributed by atoms with Crippen molar-refractivity contribution in [1.29, 1.82) is 0 Å². The van der Waals surface area contributed by atoms with E-state index in [2.05, 4.69) is 11.9 Å². The monoisotopic (exact) mass is 225 g/mol. The Labute approximate surface area is 95.7 Å². The fourth-order valence-electron chi connectivity index (χ4n) is 2.18. The van der Waals surface area contributed by atoms with Crippen molar-refractivity contribution in [3.05, 3.63) is 12.7 Å². The van der Waals surface area contributed by atoms with Gasteiger partial charge in [0.05, 0.1) is 0 Å². The summed E-state index contributed by atoms with van der Waals surface area (Å²) < 4.78 is 0. The number of amides is 1. The van der Waals surface area contributed by atoms with E-state index in [0.29, 0.717) is 6.42 Å². The molecule has 0 saturated heterocycles. The van der Waals surface area contributed by atoms with E-state index in [4.69, 9.17) is 5.11 Å². The van der Waals surface area contributed by atoms with Gasteiger partial charge in [0.2, 0.25) is 5.91 Å². The van der Waals surface area contributed by atoms with Gasteiger partial charge in [-0.05, 0) is 31.6 Å². The van der Waals surface area contributed by atoms with Crippen LogP contribution in [0.2, 0.25) is 0 Å². The van der Waals surface area contributed by atoms with E-state index in [1.165, 1.54) is 0 Å². The Bertz CT molecular complexity index is 267. The maximum Gasteiger partial charge on any atom is 0.303 e. The summed E-state index contributed by atoms with van der Waals surface area (Å²) in [6.45, 7) is 3.51. The van der Waals surface area contributed by atoms with Gasteiger partial charge in [-0.2, -0.15) is 0 Å². The first-order chi connectivity index (χ1) is 7.61. The summed E-state index contributed by atoms with van der Waals surface area (Å²) in [6, 6.07) is 0.220. The highest BCUT2D eigenvalue weighted by Gasteiger charge is 2.23. The first kappa shape index (κ1) is 12.7. The van der Waals surface area contributed by atoms with Gasteiger partial charge in [-0.1, -0.05) is 6.08 Å². The molecule has 0 aromatic heterocycles. The lowest BCUT2D eigenvalue weighted by atomic mass is 9.84. The molecule has 0 bridgehead atoms. The van der Waals surface area contributed by atoms with Crippen molar-refractivity contribution in [2.45, 2.75) is 44.6 Å². The summed E-state index contributed by atoms with van der Waals surface area (Å²) in [5.41, 5.74) is 0. The van der Waals surface area contributed by atoms with Crippen LogP contribution in [0.25, 0.3) is 0 Å². The Morgan fingerprint density at radius 1 is 1.31 bits per heavy atom. The van der Waals surface area contributed by atoms with Gasteiger partial charge < -0.3 is 10.4 Å². The zero-order valence-electron chi connectivity index (χ0n) is 9.45. The molecule has 4 nitrogen and oxygen atoms in total. The Balaban J connectivity index is 2.23. The lowest BCUT2D eigenvalue weighted by Gasteiger charge is -2.28. The molecule has 0 spiro atoms. The van der Waals surface area contributed by atoms with Gasteiger partial charge in [0.25, 0.3) is 0 Å². The van der Waals surface area contributed by atoms with E-state index in [9.17, 15) is 9.59 Å². The van der Waals surface area contributed by atoms with Crippen molar-refractivity contribution in [2.75, 3.05) is 0 Å². The molecule has 1 aliphatic carbocycles. The summed E-state index contributed by atoms with van der Waals surface area (Å²) in [4.78, 5) is 21.8. The zero-order valence-corrected chi connectivity index (χ0v) is 9.45. The molecule has 0 aromatic carbocycles. The Morgan fingerprint density at radius 2 is 1.94 bits per heavy atom. The fourth-order valence-corrected chi connectivity index (χ4v) is 2.18. The number of hydrogen-bond acceptors (Lipinski definition) is 2. The van der Waals surface area contributed by atoms with Crippen LogP contribution in [-0.2, 0) is 9.59 Å². The quantitative estimate of drug-likeness (QED) is 0.700. The van der Waals surface area contributed by atoms with Crippen molar-refractivity contribution >= 4 is 11.9 Å². The van der Waals surface area contributed by atoms with Crippen LogP contribution in [-0.4, -0.2) is 23.0 Å². The molecule has 1 fully saturated rings. The Morgan fingerprint density at radius 3 is 2.44 bits per heavy atom. The van der Waals surface area contributed by atoms with Gasteiger partial charge in [-0.15, -0.1) is 6.58 Å². The first-order valence-corrected chi connectivity index (χ1v) is 5.74. The molecule has 0 heterocycles. The molecular weight excluding hydrogens is 206 g/mol. The van der Waals surface area contributed by atoms with Crippen LogP contribution in [0, 0.1) is 5.92 Å². The molecule has 0 aliphatic heterocycles. The predicted molar refractivity (Wildman–Crippen MR) is 61.0 cm³/mol. The second-order valence-electron chi connectivity index (χ2n) is 4.38. The SMILES string of the molecule is C=CCC(=O)NC1CCC(CC(=O)O)CC1. The van der Waals surface area contributed by atoms with Crippen LogP contribution >= 0.6 is 0 Å². The third-order valence-corrected chi connectivity index (χ3v) is 3.00. The molecule has 1 saturated carbocycles. The maximum atomic E-state index is 11.3. The highest BCUT2D eigenvalue weighted by atomic mass is 16.4. The molecule has 16 heavy (non-hydrogen) atoms. The van der Waals surface area contributed by atoms with Gasteiger partial charge in [0, 0.05) is 18.9 Å². The molecule has 0 aromatic rings. The van der Waals surface area contributed by atoms with Crippen LogP contribution in [0.5, 0.6) is 0 Å². The molecule has 4 heteroatoms. The van der Waals surface area contributed by atoms with E-state index >= 15 is 0 Å². The number of carbonyl (C=O) groups excluding carboxylic acids is 1. The minimum atomic E-state index is -0.723. The van der Waals surface area contributed by atoms with Crippen molar-refractivity contribution in [3.8, 4) is 0 Å². The molecule has 0 radical (unpaired) electrons. The molecular formula is C12H19NO3. The number of hydrogen-bond donors (Lipinski definition) is 2. The molecule has 0 atom stereocenters. The maximum absolute atomic E-state index is 11.3. The van der Waals surface area contributed by atoms with Crippen molar-refractivity contribution in [2.24, 2.45) is 5.92 Å². The zero-order chi connectivity index (χ0) is 12.0. The number of carbonyl (C=O) groups is 2. The molecule has 90 valence electrons. The average Bonchev–Trinajstić information content (AvgIpc) is 2.20. The van der Waals surface area contributed by atoms with Crippen LogP contribution in [0.4, 0.5) is 0 Å². The number of aliphatic carboxylic acids is 1. The largest absolute Gasteiger partial charge is 0.481 e. The Hall–Kier alpha value is -1.32. The number of nitrogens with one attached hydrogen (secondary N) is 1. The number of rotatable bonds is 5. The second-order valence-corrected chi connectivity index (χ2v) is 4.38. The summed E-state index contributed by atoms with van der Waals surface area (Å²) >= 11 is 0. The highest BCUT2D eigenvalue weighted by molar-refractivity contribution is 5.77. The van der Waals surface area contributed by atoms with E-state index in [1.54, 1.807) is 6.08 Å². The van der Waals surface area contributed by atoms with Crippen LogP contribution in [0.15, 0.2) is 12.7 Å². The molecule has 2 N–H and O–H groups in total. The lowest BCUT2D eigenvalue weighted by Crippen LogP contribution is -2.37. The minimum Gasteiger partial charge on any atom is -0.481 e. The summed E-state index contributed by atoms with van der Waals surface area (Å²) in [5, 5.41) is 11.6. The van der Waals surface area contributed by atoms with Crippen LogP contribution in [0.3, 0.4) is 0 Å². The van der Waals surface area contributed by atoms with Crippen molar-refractivity contribution in [3.63, 3.8) is 0 Å². The smallest absolute Gasteiger partial charge is 0.303 e. The first-order valence-electron chi connectivity index (χ1n) is 5.74. The summed E-state index contributed by atoms with van der Waals surface area (Å²) in [5.74, 6) is -0.430. The number of carboxylic acids is 1. The summed E-state index contributed by atoms with van der Waals surface area (Å²) in [7, 11) is 0. The topological polar surface area (TPSA) is 66.4 Å². The third kappa shape index (κ3) is 4.47. The highest BCUT2D eigenvalue weighted by Crippen LogP contribution is 2.26. The third-order valence-electron chi connectivity index (χ3n) is 3.00. The van der Waals surface area contributed by atoms with Crippen LogP contribution < -0.4 is 5.32 Å². The van der Waals surface area contributed by atoms with E-state index in [-0.39, 0.29) is 24.3 Å². The van der Waals surface area contributed by atoms with Gasteiger partial charge >= 0.3 is 5.97 Å². The molecule has 1 aliphatic rings. The molecule has 1 rings (SSSR count). The van der Waals surface area contributed by atoms with Gasteiger partial charge in [0.15, 0.2) is 0 Å². The standard InChI is InChI=1S/C12H19NO3/c1-2-3-11(14)13-10-6-4-9(5-7-10)8-12(15)16/h2,9-10H,1,3-8H2,(H,13,14)(H,15,16). The van der Waals surface area contributed by atoms with Gasteiger partial charge in [-0.25, -0.2) is 0 Å². The summed E-state index contributed by atoms with van der Waals surface area (Å²) in [6.07, 6.45) is 5.77. The number of carboxylic acid groups (broad SMARTS) is 1. The van der Waals surface area contributed by atoms with Crippen molar-refractivity contribution in [1.82, 2.24) is 5.32 Å². The molecule has 1 amide bonds. The predicted octanol–water partition coefficient (Wildman–Crippen LogP) is 1.71. The minimum absolute atomic E-state index is 0.0108. The van der Waals surface area contributed by atoms with Crippen molar-refractivity contribution < 1.29 is 14.7 Å². The normalized spacial score (nSPS) is 24.8. The fraction of sp³-hybridized carbons (Fsp3) is 0.667. The van der Waals surface area contributed by atoms with Gasteiger partial charge in [-0.3, -0.25) is 9.59 Å². The lowest BCUT2D eigenvalue weighted by molar-refractivity contribution is -0.138. The second kappa shape index (κ2) is 6.30. The van der Waals surface area contributed by atoms with E-state index < -0.39 is 5.97 Å². The van der Waals surface area contributed by atoms with E-state index in [0.717, 1.165) is 25.7 Å². The van der Waals surface area contributed by atoms with E-state index in [1.807, 2.05) is 0 Å². The average molecular weight is 225 g/mol. The Kier molecular flexibility index (Phi) is 5.02. The van der Waals surface area contributed by atoms with Gasteiger partial charge in [0.1, 0.15) is 0 Å². The van der Waals surface area contributed by atoms with Crippen LogP contribution in [0.1, 0.15) is 38.5 Å². The molecule has 0 unspecified atom stereocenters.